The minimum Gasteiger partial charge on any atom is -0.481 e. The minimum absolute atomic E-state index is 0.0177. The highest BCUT2D eigenvalue weighted by atomic mass is 35.5. The molecule has 0 saturated carbocycles. The molecule has 4 aromatic rings. The molecule has 1 fully saturated rings. The van der Waals surface area contributed by atoms with Crippen LogP contribution in [0.1, 0.15) is 30.9 Å². The van der Waals surface area contributed by atoms with E-state index in [9.17, 15) is 14.7 Å². The number of ether oxygens (including phenoxy) is 1. The first-order valence-electron chi connectivity index (χ1n) is 13.7. The Morgan fingerprint density at radius 1 is 1.21 bits per heavy atom. The molecule has 3 aromatic heterocycles. The van der Waals surface area contributed by atoms with E-state index in [0.29, 0.717) is 52.6 Å². The predicted molar refractivity (Wildman–Crippen MR) is 158 cm³/mol. The van der Waals surface area contributed by atoms with Crippen LogP contribution >= 0.6 is 11.6 Å². The van der Waals surface area contributed by atoms with Crippen molar-refractivity contribution in [1.29, 1.82) is 0 Å². The van der Waals surface area contributed by atoms with Crippen molar-refractivity contribution in [1.82, 2.24) is 30.3 Å². The summed E-state index contributed by atoms with van der Waals surface area (Å²) in [5, 5.41) is 18.9. The maximum atomic E-state index is 15.3. The van der Waals surface area contributed by atoms with Gasteiger partial charge in [-0.1, -0.05) is 29.8 Å². The standard InChI is InChI=1S/C30H32ClFN6O4/c1-17(39)12-33-13-19-14-35-26-10-18(8-9-38(26)30(19)41)21-4-3-5-22(28(21)31)25-11-24(32)23(29(37-25)42-2)16-34-15-20-6-7-27(40)36-20/h3-5,8-11,14,17,20,33-34,39H,6-7,12-13,15-16H2,1-2H3,(H,36,40)/t17?,20-/m0/s1. The highest BCUT2D eigenvalue weighted by molar-refractivity contribution is 6.36. The Kier molecular flexibility index (Phi) is 9.12. The Morgan fingerprint density at radius 3 is 2.76 bits per heavy atom. The van der Waals surface area contributed by atoms with E-state index in [4.69, 9.17) is 16.3 Å². The quantitative estimate of drug-likeness (QED) is 0.208. The van der Waals surface area contributed by atoms with Gasteiger partial charge in [-0.2, -0.15) is 0 Å². The van der Waals surface area contributed by atoms with Crippen LogP contribution in [0.4, 0.5) is 4.39 Å². The van der Waals surface area contributed by atoms with Crippen molar-refractivity contribution in [3.8, 4) is 28.3 Å². The average molecular weight is 595 g/mol. The SMILES string of the molecule is COc1nc(-c2cccc(-c3ccn4c(=O)c(CNCC(C)O)cnc4c3)c2Cl)cc(F)c1CNC[C@@H]1CCC(=O)N1. The van der Waals surface area contributed by atoms with E-state index in [-0.39, 0.29) is 42.0 Å². The topological polar surface area (TPSA) is 130 Å². The minimum atomic E-state index is -0.523. The lowest BCUT2D eigenvalue weighted by Gasteiger charge is -2.15. The summed E-state index contributed by atoms with van der Waals surface area (Å²) >= 11 is 6.86. The molecule has 0 bridgehead atoms. The van der Waals surface area contributed by atoms with E-state index < -0.39 is 11.9 Å². The molecule has 1 aliphatic heterocycles. The first kappa shape index (κ1) is 29.6. The van der Waals surface area contributed by atoms with Gasteiger partial charge in [0.25, 0.3) is 5.56 Å². The number of fused-ring (bicyclic) bond motifs is 1. The third-order valence-electron chi connectivity index (χ3n) is 7.12. The summed E-state index contributed by atoms with van der Waals surface area (Å²) in [6, 6.07) is 10.3. The van der Waals surface area contributed by atoms with Crippen LogP contribution < -0.4 is 26.2 Å². The second-order valence-electron chi connectivity index (χ2n) is 10.3. The van der Waals surface area contributed by atoms with Crippen LogP contribution in [0.3, 0.4) is 0 Å². The van der Waals surface area contributed by atoms with Gasteiger partial charge in [0.2, 0.25) is 11.8 Å². The number of nitrogens with zero attached hydrogens (tertiary/aromatic N) is 3. The van der Waals surface area contributed by atoms with Gasteiger partial charge in [0.05, 0.1) is 29.5 Å². The number of hydrogen-bond acceptors (Lipinski definition) is 8. The van der Waals surface area contributed by atoms with Gasteiger partial charge in [-0.15, -0.1) is 0 Å². The summed E-state index contributed by atoms with van der Waals surface area (Å²) < 4.78 is 22.2. The summed E-state index contributed by atoms with van der Waals surface area (Å²) in [7, 11) is 1.43. The van der Waals surface area contributed by atoms with Crippen LogP contribution in [0.2, 0.25) is 5.02 Å². The number of aliphatic hydroxyl groups excluding tert-OH is 1. The zero-order valence-corrected chi connectivity index (χ0v) is 24.0. The van der Waals surface area contributed by atoms with Crippen LogP contribution in [0.15, 0.2) is 53.6 Å². The molecule has 4 heterocycles. The molecular weight excluding hydrogens is 563 g/mol. The first-order chi connectivity index (χ1) is 20.2. The fourth-order valence-electron chi connectivity index (χ4n) is 4.96. The third-order valence-corrected chi connectivity index (χ3v) is 7.53. The van der Waals surface area contributed by atoms with Gasteiger partial charge in [0.1, 0.15) is 11.5 Å². The lowest BCUT2D eigenvalue weighted by molar-refractivity contribution is -0.119. The van der Waals surface area contributed by atoms with Crippen molar-refractivity contribution in [2.75, 3.05) is 20.2 Å². The fraction of sp³-hybridized carbons (Fsp3) is 0.333. The number of rotatable bonds is 11. The number of carbonyl (C=O) groups is 1. The van der Waals surface area contributed by atoms with Crippen molar-refractivity contribution < 1.29 is 19.0 Å². The van der Waals surface area contributed by atoms with Crippen molar-refractivity contribution in [3.05, 3.63) is 81.1 Å². The molecule has 5 rings (SSSR count). The third kappa shape index (κ3) is 6.44. The number of aromatic nitrogens is 3. The van der Waals surface area contributed by atoms with Gasteiger partial charge in [0, 0.05) is 73.8 Å². The second-order valence-corrected chi connectivity index (χ2v) is 10.7. The Bertz CT molecular complexity index is 1680. The van der Waals surface area contributed by atoms with Crippen LogP contribution in [-0.4, -0.2) is 57.7 Å². The Morgan fingerprint density at radius 2 is 2.02 bits per heavy atom. The smallest absolute Gasteiger partial charge is 0.262 e. The van der Waals surface area contributed by atoms with Crippen molar-refractivity contribution in [2.45, 2.75) is 45.0 Å². The molecule has 2 atom stereocenters. The zero-order chi connectivity index (χ0) is 29.8. The number of benzene rings is 1. The molecule has 0 radical (unpaired) electrons. The van der Waals surface area contributed by atoms with Crippen LogP contribution in [0.5, 0.6) is 5.88 Å². The predicted octanol–water partition coefficient (Wildman–Crippen LogP) is 3.06. The molecule has 1 unspecified atom stereocenters. The molecule has 1 saturated heterocycles. The second kappa shape index (κ2) is 13.0. The molecule has 1 aromatic carbocycles. The molecule has 42 heavy (non-hydrogen) atoms. The van der Waals surface area contributed by atoms with Gasteiger partial charge in [-0.25, -0.2) is 14.4 Å². The Labute approximate surface area is 246 Å². The van der Waals surface area contributed by atoms with Gasteiger partial charge in [0.15, 0.2) is 0 Å². The number of aliphatic hydroxyl groups is 1. The monoisotopic (exact) mass is 594 g/mol. The maximum absolute atomic E-state index is 15.3. The largest absolute Gasteiger partial charge is 0.481 e. The van der Waals surface area contributed by atoms with Gasteiger partial charge in [-0.3, -0.25) is 14.0 Å². The molecule has 220 valence electrons. The number of carbonyl (C=O) groups excluding carboxylic acids is 1. The fourth-order valence-corrected chi connectivity index (χ4v) is 5.29. The molecular formula is C30H32ClFN6O4. The van der Waals surface area contributed by atoms with Crippen LogP contribution in [-0.2, 0) is 17.9 Å². The van der Waals surface area contributed by atoms with E-state index in [1.807, 2.05) is 6.07 Å². The molecule has 4 N–H and O–H groups in total. The van der Waals surface area contributed by atoms with E-state index >= 15 is 4.39 Å². The van der Waals surface area contributed by atoms with Crippen molar-refractivity contribution in [2.24, 2.45) is 0 Å². The van der Waals surface area contributed by atoms with Crippen molar-refractivity contribution >= 4 is 23.2 Å². The van der Waals surface area contributed by atoms with Crippen LogP contribution in [0.25, 0.3) is 28.0 Å². The highest BCUT2D eigenvalue weighted by Crippen LogP contribution is 2.37. The summed E-state index contributed by atoms with van der Waals surface area (Å²) in [5.74, 6) is -0.326. The number of nitrogens with one attached hydrogen (secondary N) is 3. The van der Waals surface area contributed by atoms with E-state index in [1.54, 1.807) is 37.4 Å². The Balaban J connectivity index is 1.39. The molecule has 0 aliphatic carbocycles. The molecule has 10 nitrogen and oxygen atoms in total. The summed E-state index contributed by atoms with van der Waals surface area (Å²) in [6.45, 7) is 3.01. The Hall–Kier alpha value is -3.90. The van der Waals surface area contributed by atoms with E-state index in [1.165, 1.54) is 23.8 Å². The van der Waals surface area contributed by atoms with Gasteiger partial charge in [-0.05, 0) is 31.0 Å². The summed E-state index contributed by atoms with van der Waals surface area (Å²) in [4.78, 5) is 33.4. The van der Waals surface area contributed by atoms with Crippen molar-refractivity contribution in [3.63, 3.8) is 0 Å². The summed E-state index contributed by atoms with van der Waals surface area (Å²) in [6.07, 6.45) is 3.88. The first-order valence-corrected chi connectivity index (χ1v) is 14.0. The molecule has 0 spiro atoms. The molecule has 1 amide bonds. The van der Waals surface area contributed by atoms with Gasteiger partial charge >= 0.3 is 0 Å². The zero-order valence-electron chi connectivity index (χ0n) is 23.3. The summed E-state index contributed by atoms with van der Waals surface area (Å²) in [5.41, 5.74) is 3.21. The lowest BCUT2D eigenvalue weighted by Crippen LogP contribution is -2.35. The highest BCUT2D eigenvalue weighted by Gasteiger charge is 2.22. The number of pyridine rings is 2. The maximum Gasteiger partial charge on any atom is 0.262 e. The molecule has 1 aliphatic rings. The van der Waals surface area contributed by atoms with E-state index in [2.05, 4.69) is 25.9 Å². The lowest BCUT2D eigenvalue weighted by atomic mass is 10.0. The number of hydrogen-bond donors (Lipinski definition) is 4. The van der Waals surface area contributed by atoms with Gasteiger partial charge < -0.3 is 25.8 Å². The van der Waals surface area contributed by atoms with E-state index in [0.717, 1.165) is 12.0 Å². The number of amides is 1. The number of halogens is 2. The number of methoxy groups -OCH3 is 1. The average Bonchev–Trinajstić information content (AvgIpc) is 3.39. The van der Waals surface area contributed by atoms with Crippen LogP contribution in [0, 0.1) is 5.82 Å². The molecule has 12 heteroatoms. The normalized spacial score (nSPS) is 15.6.